The first-order chi connectivity index (χ1) is 13.7. The number of fused-ring (bicyclic) bond motifs is 1. The van der Waals surface area contributed by atoms with Crippen molar-refractivity contribution >= 4 is 11.3 Å². The summed E-state index contributed by atoms with van der Waals surface area (Å²) in [5, 5.41) is 0. The molecular formula is C23H25NO3S. The zero-order chi connectivity index (χ0) is 19.5. The summed E-state index contributed by atoms with van der Waals surface area (Å²) in [6, 6.07) is 16.8. The van der Waals surface area contributed by atoms with Crippen LogP contribution in [0.2, 0.25) is 0 Å². The van der Waals surface area contributed by atoms with Crippen LogP contribution in [-0.4, -0.2) is 32.3 Å². The predicted molar refractivity (Wildman–Crippen MR) is 114 cm³/mol. The molecule has 3 aromatic rings. The molecule has 1 aliphatic heterocycles. The van der Waals surface area contributed by atoms with Gasteiger partial charge in [0.25, 0.3) is 0 Å². The van der Waals surface area contributed by atoms with Crippen LogP contribution in [0, 0.1) is 6.92 Å². The summed E-state index contributed by atoms with van der Waals surface area (Å²) < 4.78 is 17.0. The van der Waals surface area contributed by atoms with Crippen LogP contribution in [0.25, 0.3) is 11.1 Å². The molecule has 0 saturated heterocycles. The van der Waals surface area contributed by atoms with E-state index < -0.39 is 0 Å². The van der Waals surface area contributed by atoms with Crippen LogP contribution in [0.1, 0.15) is 15.3 Å². The third-order valence-corrected chi connectivity index (χ3v) is 5.98. The summed E-state index contributed by atoms with van der Waals surface area (Å²) in [5.74, 6) is 2.51. The van der Waals surface area contributed by atoms with Crippen LogP contribution < -0.4 is 14.2 Å². The van der Waals surface area contributed by atoms with E-state index in [2.05, 4.69) is 48.2 Å². The van der Waals surface area contributed by atoms with Crippen LogP contribution in [0.15, 0.2) is 48.5 Å². The Bertz CT molecular complexity index is 949. The molecule has 0 bridgehead atoms. The molecule has 0 radical (unpaired) electrons. The number of hydrogen-bond donors (Lipinski definition) is 0. The third-order valence-electron chi connectivity index (χ3n) is 5.00. The van der Waals surface area contributed by atoms with Crippen LogP contribution in [0.3, 0.4) is 0 Å². The lowest BCUT2D eigenvalue weighted by Crippen LogP contribution is -2.24. The van der Waals surface area contributed by atoms with Crippen molar-refractivity contribution < 1.29 is 14.2 Å². The number of ether oxygens (including phenoxy) is 3. The Hall–Kier alpha value is -2.50. The standard InChI is InChI=1S/C23H25NO3S/c1-16-4-9-21(28-16)15-24-10-11-27-23-19(14-24)12-18(13-22(23)26-3)17-5-7-20(25-2)8-6-17/h4-9,12-13H,10-11,14-15H2,1-3H3. The average molecular weight is 396 g/mol. The molecule has 1 aromatic heterocycles. The van der Waals surface area contributed by atoms with Crippen molar-refractivity contribution in [2.45, 2.75) is 20.0 Å². The number of hydrogen-bond acceptors (Lipinski definition) is 5. The van der Waals surface area contributed by atoms with E-state index in [1.54, 1.807) is 14.2 Å². The van der Waals surface area contributed by atoms with E-state index in [1.165, 1.54) is 9.75 Å². The predicted octanol–water partition coefficient (Wildman–Crippen LogP) is 5.14. The first kappa shape index (κ1) is 18.8. The maximum atomic E-state index is 6.09. The van der Waals surface area contributed by atoms with Crippen molar-refractivity contribution in [1.82, 2.24) is 4.90 Å². The molecule has 2 aromatic carbocycles. The summed E-state index contributed by atoms with van der Waals surface area (Å²) in [4.78, 5) is 5.18. The van der Waals surface area contributed by atoms with Gasteiger partial charge < -0.3 is 14.2 Å². The van der Waals surface area contributed by atoms with Gasteiger partial charge in [-0.3, -0.25) is 4.90 Å². The van der Waals surface area contributed by atoms with Gasteiger partial charge in [0, 0.05) is 35.0 Å². The van der Waals surface area contributed by atoms with Crippen molar-refractivity contribution in [1.29, 1.82) is 0 Å². The minimum Gasteiger partial charge on any atom is -0.497 e. The molecule has 28 heavy (non-hydrogen) atoms. The Labute approximate surface area is 170 Å². The number of aryl methyl sites for hydroxylation is 1. The number of thiophene rings is 1. The number of methoxy groups -OCH3 is 2. The van der Waals surface area contributed by atoms with Crippen LogP contribution in [0.4, 0.5) is 0 Å². The molecule has 4 nitrogen and oxygen atoms in total. The van der Waals surface area contributed by atoms with Crippen molar-refractivity contribution in [3.05, 3.63) is 63.8 Å². The van der Waals surface area contributed by atoms with Crippen molar-refractivity contribution in [3.63, 3.8) is 0 Å². The van der Waals surface area contributed by atoms with Crippen LogP contribution >= 0.6 is 11.3 Å². The van der Waals surface area contributed by atoms with E-state index >= 15 is 0 Å². The Balaban J connectivity index is 1.65. The van der Waals surface area contributed by atoms with Gasteiger partial charge in [-0.2, -0.15) is 0 Å². The van der Waals surface area contributed by atoms with Gasteiger partial charge in [-0.1, -0.05) is 12.1 Å². The topological polar surface area (TPSA) is 30.9 Å². The molecule has 0 aliphatic carbocycles. The normalized spacial score (nSPS) is 14.1. The quantitative estimate of drug-likeness (QED) is 0.599. The van der Waals surface area contributed by atoms with Crippen LogP contribution in [-0.2, 0) is 13.1 Å². The average Bonchev–Trinajstić information content (AvgIpc) is 3.01. The highest BCUT2D eigenvalue weighted by atomic mass is 32.1. The zero-order valence-electron chi connectivity index (χ0n) is 16.5. The highest BCUT2D eigenvalue weighted by Gasteiger charge is 2.21. The van der Waals surface area contributed by atoms with Gasteiger partial charge in [-0.25, -0.2) is 0 Å². The smallest absolute Gasteiger partial charge is 0.165 e. The SMILES string of the molecule is COc1ccc(-c2cc3c(c(OC)c2)OCCN(Cc2ccc(C)s2)C3)cc1. The van der Waals surface area contributed by atoms with Gasteiger partial charge in [-0.15, -0.1) is 11.3 Å². The van der Waals surface area contributed by atoms with Gasteiger partial charge in [0.05, 0.1) is 14.2 Å². The second-order valence-corrected chi connectivity index (χ2v) is 8.34. The van der Waals surface area contributed by atoms with E-state index in [-0.39, 0.29) is 0 Å². The maximum absolute atomic E-state index is 6.09. The van der Waals surface area contributed by atoms with Gasteiger partial charge >= 0.3 is 0 Å². The first-order valence-electron chi connectivity index (χ1n) is 9.42. The van der Waals surface area contributed by atoms with Crippen molar-refractivity contribution in [3.8, 4) is 28.4 Å². The zero-order valence-corrected chi connectivity index (χ0v) is 17.3. The molecule has 0 fully saturated rings. The summed E-state index contributed by atoms with van der Waals surface area (Å²) in [6.45, 7) is 5.49. The largest absolute Gasteiger partial charge is 0.497 e. The molecule has 0 unspecified atom stereocenters. The Morgan fingerprint density at radius 1 is 1.00 bits per heavy atom. The van der Waals surface area contributed by atoms with E-state index in [1.807, 2.05) is 23.5 Å². The lowest BCUT2D eigenvalue weighted by atomic mass is 10.0. The maximum Gasteiger partial charge on any atom is 0.165 e. The number of rotatable bonds is 5. The second kappa shape index (κ2) is 8.25. The molecule has 1 aliphatic rings. The fourth-order valence-corrected chi connectivity index (χ4v) is 4.50. The first-order valence-corrected chi connectivity index (χ1v) is 10.2. The monoisotopic (exact) mass is 395 g/mol. The fraction of sp³-hybridized carbons (Fsp3) is 0.304. The Morgan fingerprint density at radius 3 is 2.50 bits per heavy atom. The fourth-order valence-electron chi connectivity index (χ4n) is 3.57. The van der Waals surface area contributed by atoms with E-state index in [0.717, 1.165) is 53.6 Å². The molecular weight excluding hydrogens is 370 g/mol. The Kier molecular flexibility index (Phi) is 5.55. The molecule has 4 rings (SSSR count). The minimum absolute atomic E-state index is 0.662. The number of benzene rings is 2. The van der Waals surface area contributed by atoms with E-state index in [4.69, 9.17) is 14.2 Å². The van der Waals surface area contributed by atoms with Gasteiger partial charge in [-0.05, 0) is 54.4 Å². The molecule has 146 valence electrons. The summed E-state index contributed by atoms with van der Waals surface area (Å²) in [5.41, 5.74) is 3.41. The summed E-state index contributed by atoms with van der Waals surface area (Å²) in [7, 11) is 3.38. The van der Waals surface area contributed by atoms with Crippen LogP contribution in [0.5, 0.6) is 17.2 Å². The molecule has 5 heteroatoms. The molecule has 0 saturated carbocycles. The number of nitrogens with zero attached hydrogens (tertiary/aromatic N) is 1. The highest BCUT2D eigenvalue weighted by Crippen LogP contribution is 2.39. The van der Waals surface area contributed by atoms with Gasteiger partial charge in [0.1, 0.15) is 12.4 Å². The Morgan fingerprint density at radius 2 is 1.82 bits per heavy atom. The van der Waals surface area contributed by atoms with E-state index in [0.29, 0.717) is 6.61 Å². The molecule has 0 N–H and O–H groups in total. The van der Waals surface area contributed by atoms with E-state index in [9.17, 15) is 0 Å². The lowest BCUT2D eigenvalue weighted by Gasteiger charge is -2.19. The molecule has 0 spiro atoms. The third kappa shape index (κ3) is 4.01. The summed E-state index contributed by atoms with van der Waals surface area (Å²) >= 11 is 1.86. The van der Waals surface area contributed by atoms with Crippen molar-refractivity contribution in [2.24, 2.45) is 0 Å². The molecule has 0 atom stereocenters. The van der Waals surface area contributed by atoms with Gasteiger partial charge in [0.2, 0.25) is 0 Å². The second-order valence-electron chi connectivity index (χ2n) is 6.97. The molecule has 0 amide bonds. The summed E-state index contributed by atoms with van der Waals surface area (Å²) in [6.07, 6.45) is 0. The molecule has 2 heterocycles. The van der Waals surface area contributed by atoms with Gasteiger partial charge in [0.15, 0.2) is 11.5 Å². The highest BCUT2D eigenvalue weighted by molar-refractivity contribution is 7.11. The minimum atomic E-state index is 0.662. The van der Waals surface area contributed by atoms with Crippen molar-refractivity contribution in [2.75, 3.05) is 27.4 Å². The lowest BCUT2D eigenvalue weighted by molar-refractivity contribution is 0.218.